The van der Waals surface area contributed by atoms with Crippen molar-refractivity contribution in [1.82, 2.24) is 14.0 Å². The van der Waals surface area contributed by atoms with E-state index in [9.17, 15) is 13.2 Å². The van der Waals surface area contributed by atoms with Crippen LogP contribution in [0.15, 0.2) is 69.3 Å². The van der Waals surface area contributed by atoms with Crippen molar-refractivity contribution in [2.75, 3.05) is 0 Å². The summed E-state index contributed by atoms with van der Waals surface area (Å²) in [7, 11) is -4.04. The number of hydrogen-bond donors (Lipinski definition) is 1. The summed E-state index contributed by atoms with van der Waals surface area (Å²) in [5, 5.41) is 9.42. The third-order valence-electron chi connectivity index (χ3n) is 5.83. The zero-order valence-corrected chi connectivity index (χ0v) is 18.0. The minimum atomic E-state index is -4.04. The molecule has 0 bridgehead atoms. The molecule has 0 atom stereocenters. The summed E-state index contributed by atoms with van der Waals surface area (Å²) in [6, 6.07) is 12.3. The van der Waals surface area contributed by atoms with Gasteiger partial charge in [-0.25, -0.2) is 13.4 Å². The maximum absolute atomic E-state index is 13.4. The van der Waals surface area contributed by atoms with Crippen molar-refractivity contribution in [2.24, 2.45) is 0 Å². The van der Waals surface area contributed by atoms with Crippen LogP contribution in [0.3, 0.4) is 0 Å². The monoisotopic (exact) mass is 454 g/mol. The van der Waals surface area contributed by atoms with Gasteiger partial charge in [0.1, 0.15) is 21.7 Å². The van der Waals surface area contributed by atoms with Gasteiger partial charge in [-0.1, -0.05) is 30.5 Å². The Balaban J connectivity index is 1.90. The molecule has 1 fully saturated rings. The lowest BCUT2D eigenvalue weighted by Gasteiger charge is -2.19. The fraction of sp³-hybridized carbons (Fsp3) is 0.227. The third kappa shape index (κ3) is 3.18. The van der Waals surface area contributed by atoms with Crippen LogP contribution in [0.2, 0.25) is 5.02 Å². The lowest BCUT2D eigenvalue weighted by molar-refractivity contribution is 0.497. The van der Waals surface area contributed by atoms with Crippen molar-refractivity contribution >= 4 is 38.1 Å². The van der Waals surface area contributed by atoms with Gasteiger partial charge in [-0.05, 0) is 55.3 Å². The second kappa shape index (κ2) is 7.32. The molecule has 31 heavy (non-hydrogen) atoms. The first-order chi connectivity index (χ1) is 14.9. The van der Waals surface area contributed by atoms with Crippen LogP contribution in [-0.4, -0.2) is 22.4 Å². The van der Waals surface area contributed by atoms with E-state index in [1.807, 2.05) is 0 Å². The van der Waals surface area contributed by atoms with Gasteiger partial charge >= 0.3 is 0 Å². The molecule has 1 aliphatic rings. The number of aromatic nitrogens is 3. The average molecular weight is 455 g/mol. The topological polar surface area (TPSA) is 97.3 Å². The van der Waals surface area contributed by atoms with Crippen molar-refractivity contribution in [2.45, 2.75) is 41.5 Å². The largest absolute Gasteiger partial charge is 0.307 e. The van der Waals surface area contributed by atoms with Gasteiger partial charge in [-0.15, -0.1) is 0 Å². The molecule has 1 aromatic carbocycles. The molecule has 1 aliphatic carbocycles. The molecule has 3 heterocycles. The zero-order valence-electron chi connectivity index (χ0n) is 16.5. The fourth-order valence-corrected chi connectivity index (χ4v) is 5.79. The molecule has 158 valence electrons. The van der Waals surface area contributed by atoms with Crippen molar-refractivity contribution in [3.05, 3.63) is 75.6 Å². The van der Waals surface area contributed by atoms with Gasteiger partial charge in [0.05, 0.1) is 10.3 Å². The van der Waals surface area contributed by atoms with Crippen molar-refractivity contribution in [3.63, 3.8) is 0 Å². The Bertz CT molecular complexity index is 1550. The van der Waals surface area contributed by atoms with Crippen LogP contribution in [-0.2, 0) is 9.84 Å². The predicted octanol–water partition coefficient (Wildman–Crippen LogP) is 3.73. The van der Waals surface area contributed by atoms with Gasteiger partial charge in [-0.3, -0.25) is 14.6 Å². The Morgan fingerprint density at radius 3 is 2.48 bits per heavy atom. The summed E-state index contributed by atoms with van der Waals surface area (Å²) in [6.07, 6.45) is 5.20. The highest BCUT2D eigenvalue weighted by atomic mass is 35.5. The van der Waals surface area contributed by atoms with Crippen LogP contribution >= 0.6 is 11.6 Å². The number of rotatable bonds is 3. The summed E-state index contributed by atoms with van der Waals surface area (Å²) in [5.41, 5.74) is 0.295. The van der Waals surface area contributed by atoms with Crippen LogP contribution in [0.5, 0.6) is 0 Å². The van der Waals surface area contributed by atoms with E-state index >= 15 is 0 Å². The molecule has 0 saturated heterocycles. The van der Waals surface area contributed by atoms with E-state index in [-0.39, 0.29) is 32.3 Å². The second-order valence-electron chi connectivity index (χ2n) is 7.71. The van der Waals surface area contributed by atoms with E-state index in [1.165, 1.54) is 34.7 Å². The molecule has 0 spiro atoms. The van der Waals surface area contributed by atoms with Crippen molar-refractivity contribution < 1.29 is 8.42 Å². The maximum Gasteiger partial charge on any atom is 0.267 e. The molecule has 5 rings (SSSR count). The number of benzene rings is 1. The Labute approximate surface area is 183 Å². The van der Waals surface area contributed by atoms with Crippen LogP contribution < -0.4 is 11.0 Å². The molecule has 0 aliphatic heterocycles. The SMILES string of the molecule is N=c1c(S(=O)(=O)c2ccc(Cl)cc2)cc2c(=O)n3ccccc3nc2n1C1CCCC1. The second-order valence-corrected chi connectivity index (χ2v) is 10.1. The highest BCUT2D eigenvalue weighted by Crippen LogP contribution is 2.31. The lowest BCUT2D eigenvalue weighted by Crippen LogP contribution is -2.31. The van der Waals surface area contributed by atoms with Gasteiger partial charge in [0.2, 0.25) is 9.84 Å². The number of pyridine rings is 2. The van der Waals surface area contributed by atoms with Crippen LogP contribution in [0.1, 0.15) is 31.7 Å². The van der Waals surface area contributed by atoms with Gasteiger partial charge in [0, 0.05) is 17.3 Å². The predicted molar refractivity (Wildman–Crippen MR) is 117 cm³/mol. The molecular weight excluding hydrogens is 436 g/mol. The summed E-state index contributed by atoms with van der Waals surface area (Å²) in [4.78, 5) is 17.7. The zero-order chi connectivity index (χ0) is 21.8. The number of nitrogens with zero attached hydrogens (tertiary/aromatic N) is 3. The molecule has 0 unspecified atom stereocenters. The molecular formula is C22H19ClN4O3S. The van der Waals surface area contributed by atoms with E-state index in [0.717, 1.165) is 25.7 Å². The van der Waals surface area contributed by atoms with Crippen LogP contribution in [0, 0.1) is 5.41 Å². The minimum absolute atomic E-state index is 0.0246. The summed E-state index contributed by atoms with van der Waals surface area (Å²) in [5.74, 6) is 0. The Hall–Kier alpha value is -2.97. The summed E-state index contributed by atoms with van der Waals surface area (Å²) in [6.45, 7) is 0. The molecule has 0 amide bonds. The molecule has 1 saturated carbocycles. The number of fused-ring (bicyclic) bond motifs is 2. The first kappa shape index (κ1) is 20.0. The number of halogens is 1. The van der Waals surface area contributed by atoms with E-state index in [1.54, 1.807) is 29.0 Å². The maximum atomic E-state index is 13.4. The molecule has 7 nitrogen and oxygen atoms in total. The first-order valence-corrected chi connectivity index (χ1v) is 11.9. The summed E-state index contributed by atoms with van der Waals surface area (Å²) < 4.78 is 29.9. The Morgan fingerprint density at radius 2 is 1.77 bits per heavy atom. The third-order valence-corrected chi connectivity index (χ3v) is 7.87. The molecule has 1 N–H and O–H groups in total. The standard InChI is InChI=1S/C22H19ClN4O3S/c23-14-8-10-16(11-9-14)31(29,30)18-13-17-21(27(20(18)24)15-5-1-2-6-15)25-19-7-3-4-12-26(19)22(17)28/h3-4,7-13,15,24H,1-2,5-6H2. The van der Waals surface area contributed by atoms with Crippen LogP contribution in [0.25, 0.3) is 16.7 Å². The highest BCUT2D eigenvalue weighted by Gasteiger charge is 2.27. The molecule has 4 aromatic rings. The number of sulfone groups is 1. The fourth-order valence-electron chi connectivity index (χ4n) is 4.29. The molecule has 9 heteroatoms. The number of hydrogen-bond acceptors (Lipinski definition) is 5. The Morgan fingerprint density at radius 1 is 1.06 bits per heavy atom. The van der Waals surface area contributed by atoms with E-state index in [2.05, 4.69) is 4.98 Å². The van der Waals surface area contributed by atoms with E-state index in [4.69, 9.17) is 17.0 Å². The van der Waals surface area contributed by atoms with Crippen LogP contribution in [0.4, 0.5) is 0 Å². The molecule has 0 radical (unpaired) electrons. The van der Waals surface area contributed by atoms with Crippen molar-refractivity contribution in [1.29, 1.82) is 5.41 Å². The van der Waals surface area contributed by atoms with Crippen molar-refractivity contribution in [3.8, 4) is 0 Å². The quantitative estimate of drug-likeness (QED) is 0.477. The van der Waals surface area contributed by atoms with E-state index in [0.29, 0.717) is 16.3 Å². The minimum Gasteiger partial charge on any atom is -0.307 e. The highest BCUT2D eigenvalue weighted by molar-refractivity contribution is 7.91. The van der Waals surface area contributed by atoms with Gasteiger partial charge in [-0.2, -0.15) is 0 Å². The van der Waals surface area contributed by atoms with Gasteiger partial charge in [0.15, 0.2) is 0 Å². The molecule has 3 aromatic heterocycles. The normalized spacial score (nSPS) is 15.1. The summed E-state index contributed by atoms with van der Waals surface area (Å²) >= 11 is 5.92. The smallest absolute Gasteiger partial charge is 0.267 e. The van der Waals surface area contributed by atoms with Gasteiger partial charge in [0.25, 0.3) is 5.56 Å². The van der Waals surface area contributed by atoms with E-state index < -0.39 is 9.84 Å². The Kier molecular flexibility index (Phi) is 4.71. The number of nitrogens with one attached hydrogen (secondary N) is 1. The lowest BCUT2D eigenvalue weighted by atomic mass is 10.2. The average Bonchev–Trinajstić information content (AvgIpc) is 3.28. The van der Waals surface area contributed by atoms with Gasteiger partial charge < -0.3 is 4.57 Å². The first-order valence-electron chi connectivity index (χ1n) is 10.00.